The molecule has 2 N–H and O–H groups in total. The van der Waals surface area contributed by atoms with Crippen LogP contribution in [-0.2, 0) is 10.3 Å². The van der Waals surface area contributed by atoms with Gasteiger partial charge in [-0.1, -0.05) is 0 Å². The molecule has 1 aromatic rings. The highest BCUT2D eigenvalue weighted by Gasteiger charge is 2.29. The minimum Gasteiger partial charge on any atom is -0.381 e. The maximum absolute atomic E-state index is 6.25. The van der Waals surface area contributed by atoms with Crippen LogP contribution >= 0.6 is 11.3 Å². The van der Waals surface area contributed by atoms with E-state index in [1.54, 1.807) is 11.3 Å². The van der Waals surface area contributed by atoms with Gasteiger partial charge in [0.25, 0.3) is 0 Å². The van der Waals surface area contributed by atoms with Crippen molar-refractivity contribution in [2.24, 2.45) is 5.73 Å². The average Bonchev–Trinajstić information content (AvgIpc) is 2.58. The average molecular weight is 183 g/mol. The zero-order valence-electron chi connectivity index (χ0n) is 6.95. The van der Waals surface area contributed by atoms with Crippen molar-refractivity contribution in [2.75, 3.05) is 13.2 Å². The fraction of sp³-hybridized carbons (Fsp3) is 0.556. The molecule has 2 rings (SSSR count). The first-order valence-electron chi connectivity index (χ1n) is 4.21. The first kappa shape index (κ1) is 8.23. The van der Waals surface area contributed by atoms with E-state index >= 15 is 0 Å². The SMILES string of the molecule is NC1(c2ccsc2)CCOCC1. The Morgan fingerprint density at radius 3 is 2.75 bits per heavy atom. The van der Waals surface area contributed by atoms with Gasteiger partial charge in [0.2, 0.25) is 0 Å². The van der Waals surface area contributed by atoms with E-state index in [1.165, 1.54) is 5.56 Å². The van der Waals surface area contributed by atoms with Gasteiger partial charge in [-0.15, -0.1) is 0 Å². The van der Waals surface area contributed by atoms with Crippen molar-refractivity contribution in [3.8, 4) is 0 Å². The van der Waals surface area contributed by atoms with E-state index in [2.05, 4.69) is 16.8 Å². The van der Waals surface area contributed by atoms with Crippen LogP contribution in [0.2, 0.25) is 0 Å². The molecule has 0 aromatic carbocycles. The fourth-order valence-corrected chi connectivity index (χ4v) is 2.34. The lowest BCUT2D eigenvalue weighted by Crippen LogP contribution is -2.41. The van der Waals surface area contributed by atoms with Crippen molar-refractivity contribution in [1.82, 2.24) is 0 Å². The Morgan fingerprint density at radius 2 is 2.17 bits per heavy atom. The Kier molecular flexibility index (Phi) is 2.17. The highest BCUT2D eigenvalue weighted by atomic mass is 32.1. The molecule has 1 aromatic heterocycles. The molecule has 0 bridgehead atoms. The minimum absolute atomic E-state index is 0.113. The molecule has 2 heterocycles. The van der Waals surface area contributed by atoms with Crippen molar-refractivity contribution in [2.45, 2.75) is 18.4 Å². The molecule has 1 saturated heterocycles. The quantitative estimate of drug-likeness (QED) is 0.719. The second-order valence-corrected chi connectivity index (χ2v) is 4.06. The Balaban J connectivity index is 2.19. The molecule has 66 valence electrons. The summed E-state index contributed by atoms with van der Waals surface area (Å²) in [6.07, 6.45) is 1.90. The Morgan fingerprint density at radius 1 is 1.42 bits per heavy atom. The molecule has 12 heavy (non-hydrogen) atoms. The van der Waals surface area contributed by atoms with Crippen molar-refractivity contribution >= 4 is 11.3 Å². The van der Waals surface area contributed by atoms with E-state index in [4.69, 9.17) is 10.5 Å². The van der Waals surface area contributed by atoms with E-state index < -0.39 is 0 Å². The number of ether oxygens (including phenoxy) is 1. The molecule has 1 aliphatic heterocycles. The minimum atomic E-state index is -0.113. The van der Waals surface area contributed by atoms with Crippen LogP contribution < -0.4 is 5.73 Å². The first-order chi connectivity index (χ1) is 5.81. The highest BCUT2D eigenvalue weighted by molar-refractivity contribution is 7.08. The van der Waals surface area contributed by atoms with E-state index in [9.17, 15) is 0 Å². The molecular weight excluding hydrogens is 170 g/mol. The van der Waals surface area contributed by atoms with Crippen molar-refractivity contribution in [3.63, 3.8) is 0 Å². The normalized spacial score (nSPS) is 22.4. The van der Waals surface area contributed by atoms with Crippen LogP contribution in [0.3, 0.4) is 0 Å². The van der Waals surface area contributed by atoms with Gasteiger partial charge in [-0.3, -0.25) is 0 Å². The van der Waals surface area contributed by atoms with Crippen LogP contribution in [-0.4, -0.2) is 13.2 Å². The lowest BCUT2D eigenvalue weighted by Gasteiger charge is -2.32. The number of thiophene rings is 1. The van der Waals surface area contributed by atoms with Gasteiger partial charge in [-0.25, -0.2) is 0 Å². The highest BCUT2D eigenvalue weighted by Crippen LogP contribution is 2.30. The molecule has 0 radical (unpaired) electrons. The summed E-state index contributed by atoms with van der Waals surface area (Å²) in [4.78, 5) is 0. The first-order valence-corrected chi connectivity index (χ1v) is 5.15. The molecular formula is C9H13NOS. The summed E-state index contributed by atoms with van der Waals surface area (Å²) in [5.41, 5.74) is 7.41. The van der Waals surface area contributed by atoms with E-state index in [0.717, 1.165) is 26.1 Å². The molecule has 0 amide bonds. The van der Waals surface area contributed by atoms with Crippen molar-refractivity contribution in [3.05, 3.63) is 22.4 Å². The number of hydrogen-bond donors (Lipinski definition) is 1. The van der Waals surface area contributed by atoms with Gasteiger partial charge in [-0.2, -0.15) is 11.3 Å². The van der Waals surface area contributed by atoms with Crippen LogP contribution in [0.5, 0.6) is 0 Å². The van der Waals surface area contributed by atoms with Gasteiger partial charge in [0, 0.05) is 18.8 Å². The molecule has 0 saturated carbocycles. The number of rotatable bonds is 1. The van der Waals surface area contributed by atoms with E-state index in [0.29, 0.717) is 0 Å². The summed E-state index contributed by atoms with van der Waals surface area (Å²) in [5, 5.41) is 4.23. The third kappa shape index (κ3) is 1.40. The van der Waals surface area contributed by atoms with Crippen LogP contribution in [0.15, 0.2) is 16.8 Å². The summed E-state index contributed by atoms with van der Waals surface area (Å²) in [5.74, 6) is 0. The summed E-state index contributed by atoms with van der Waals surface area (Å²) in [7, 11) is 0. The van der Waals surface area contributed by atoms with E-state index in [-0.39, 0.29) is 5.54 Å². The standard InChI is InChI=1S/C9H13NOS/c10-9(2-4-11-5-3-9)8-1-6-12-7-8/h1,6-7H,2-5,10H2. The summed E-state index contributed by atoms with van der Waals surface area (Å²) >= 11 is 1.71. The van der Waals surface area contributed by atoms with Gasteiger partial charge >= 0.3 is 0 Å². The molecule has 3 heteroatoms. The van der Waals surface area contributed by atoms with Gasteiger partial charge in [-0.05, 0) is 35.2 Å². The van der Waals surface area contributed by atoms with Gasteiger partial charge in [0.1, 0.15) is 0 Å². The largest absolute Gasteiger partial charge is 0.381 e. The molecule has 0 atom stereocenters. The van der Waals surface area contributed by atoms with Crippen LogP contribution in [0.1, 0.15) is 18.4 Å². The predicted octanol–water partition coefficient (Wildman–Crippen LogP) is 1.71. The topological polar surface area (TPSA) is 35.2 Å². The third-order valence-electron chi connectivity index (χ3n) is 2.48. The van der Waals surface area contributed by atoms with Gasteiger partial charge < -0.3 is 10.5 Å². The van der Waals surface area contributed by atoms with Crippen LogP contribution in [0, 0.1) is 0 Å². The molecule has 1 aliphatic rings. The third-order valence-corrected chi connectivity index (χ3v) is 3.16. The maximum atomic E-state index is 6.25. The molecule has 0 spiro atoms. The predicted molar refractivity (Wildman–Crippen MR) is 50.2 cm³/mol. The second-order valence-electron chi connectivity index (χ2n) is 3.28. The monoisotopic (exact) mass is 183 g/mol. The molecule has 0 unspecified atom stereocenters. The Hall–Kier alpha value is -0.380. The van der Waals surface area contributed by atoms with Gasteiger partial charge in [0.05, 0.1) is 0 Å². The summed E-state index contributed by atoms with van der Waals surface area (Å²) < 4.78 is 5.29. The lowest BCUT2D eigenvalue weighted by atomic mass is 9.86. The summed E-state index contributed by atoms with van der Waals surface area (Å²) in [6.45, 7) is 1.60. The van der Waals surface area contributed by atoms with E-state index in [1.807, 2.05) is 0 Å². The fourth-order valence-electron chi connectivity index (χ4n) is 1.57. The van der Waals surface area contributed by atoms with Crippen LogP contribution in [0.4, 0.5) is 0 Å². The zero-order chi connectivity index (χ0) is 8.44. The second kappa shape index (κ2) is 3.17. The Bertz CT molecular complexity index is 239. The molecule has 1 fully saturated rings. The zero-order valence-corrected chi connectivity index (χ0v) is 7.77. The van der Waals surface area contributed by atoms with Crippen LogP contribution in [0.25, 0.3) is 0 Å². The number of nitrogens with two attached hydrogens (primary N) is 1. The number of hydrogen-bond acceptors (Lipinski definition) is 3. The lowest BCUT2D eigenvalue weighted by molar-refractivity contribution is 0.0524. The summed E-state index contributed by atoms with van der Waals surface area (Å²) in [6, 6.07) is 2.12. The van der Waals surface area contributed by atoms with Gasteiger partial charge in [0.15, 0.2) is 0 Å². The smallest absolute Gasteiger partial charge is 0.0486 e. The Labute approximate surface area is 76.3 Å². The van der Waals surface area contributed by atoms with Crippen molar-refractivity contribution < 1.29 is 4.74 Å². The maximum Gasteiger partial charge on any atom is 0.0486 e. The molecule has 2 nitrogen and oxygen atoms in total. The van der Waals surface area contributed by atoms with Crippen molar-refractivity contribution in [1.29, 1.82) is 0 Å². The molecule has 0 aliphatic carbocycles.